The van der Waals surface area contributed by atoms with Gasteiger partial charge in [0.2, 0.25) is 0 Å². The van der Waals surface area contributed by atoms with E-state index in [0.717, 1.165) is 47.5 Å². The van der Waals surface area contributed by atoms with Crippen LogP contribution in [-0.2, 0) is 24.2 Å². The van der Waals surface area contributed by atoms with Crippen LogP contribution in [0.25, 0.3) is 0 Å². The lowest BCUT2D eigenvalue weighted by atomic mass is 9.89. The molecule has 3 nitrogen and oxygen atoms in total. The molecular weight excluding hydrogens is 420 g/mol. The zero-order chi connectivity index (χ0) is 20.2. The summed E-state index contributed by atoms with van der Waals surface area (Å²) in [5.41, 5.74) is 6.71. The minimum absolute atomic E-state index is 0.236. The Labute approximate surface area is 173 Å². The highest BCUT2D eigenvalue weighted by Gasteiger charge is 2.32. The molecule has 0 amide bonds. The third kappa shape index (κ3) is 5.26. The SMILES string of the molecule is CCC(=CCc1c(CC)c(C)c2c(c1OCC[Si](C)(C)C)C(=O)OC2)CBr. The number of cyclic esters (lactones) is 1. The van der Waals surface area contributed by atoms with Crippen LogP contribution >= 0.6 is 15.9 Å². The van der Waals surface area contributed by atoms with Crippen LogP contribution < -0.4 is 4.74 Å². The first-order chi connectivity index (χ1) is 12.7. The fraction of sp³-hybridized carbons (Fsp3) is 0.591. The fourth-order valence-electron chi connectivity index (χ4n) is 3.48. The molecule has 1 aromatic rings. The van der Waals surface area contributed by atoms with Gasteiger partial charge in [-0.2, -0.15) is 0 Å². The summed E-state index contributed by atoms with van der Waals surface area (Å²) in [5, 5.41) is 0.878. The summed E-state index contributed by atoms with van der Waals surface area (Å²) < 4.78 is 11.7. The monoisotopic (exact) mass is 452 g/mol. The van der Waals surface area contributed by atoms with E-state index >= 15 is 0 Å². The van der Waals surface area contributed by atoms with Gasteiger partial charge in [-0.05, 0) is 43.4 Å². The summed E-state index contributed by atoms with van der Waals surface area (Å²) in [6.07, 6.45) is 5.02. The van der Waals surface area contributed by atoms with Gasteiger partial charge in [-0.25, -0.2) is 4.79 Å². The number of hydrogen-bond acceptors (Lipinski definition) is 3. The molecule has 150 valence electrons. The van der Waals surface area contributed by atoms with E-state index in [0.29, 0.717) is 18.8 Å². The van der Waals surface area contributed by atoms with Gasteiger partial charge in [0.15, 0.2) is 0 Å². The molecule has 0 aromatic heterocycles. The second-order valence-corrected chi connectivity index (χ2v) is 14.6. The number of carbonyl (C=O) groups excluding carboxylic acids is 1. The standard InChI is InChI=1S/C22H33BrO3Si/c1-7-16(13-23)9-10-18-17(8-2)15(3)19-14-26-22(24)20(19)21(18)25-11-12-27(4,5)6/h9H,7-8,10-14H2,1-6H3. The molecule has 0 spiro atoms. The van der Waals surface area contributed by atoms with Crippen molar-refractivity contribution >= 4 is 30.0 Å². The van der Waals surface area contributed by atoms with Crippen LogP contribution in [0.15, 0.2) is 11.6 Å². The number of fused-ring (bicyclic) bond motifs is 1. The number of allylic oxidation sites excluding steroid dienone is 2. The van der Waals surface area contributed by atoms with E-state index in [9.17, 15) is 4.79 Å². The quantitative estimate of drug-likeness (QED) is 0.193. The first-order valence-corrected chi connectivity index (χ1v) is 14.8. The Bertz CT molecular complexity index is 726. The normalized spacial score (nSPS) is 14.3. The molecule has 2 rings (SSSR count). The number of rotatable bonds is 9. The third-order valence-corrected chi connectivity index (χ3v) is 7.72. The number of carbonyl (C=O) groups is 1. The molecule has 0 fully saturated rings. The highest BCUT2D eigenvalue weighted by Crippen LogP contribution is 2.39. The Morgan fingerprint density at radius 3 is 2.52 bits per heavy atom. The molecule has 1 heterocycles. The summed E-state index contributed by atoms with van der Waals surface area (Å²) in [5.74, 6) is 0.537. The highest BCUT2D eigenvalue weighted by atomic mass is 79.9. The summed E-state index contributed by atoms with van der Waals surface area (Å²) >= 11 is 3.57. The predicted molar refractivity (Wildman–Crippen MR) is 119 cm³/mol. The Morgan fingerprint density at radius 2 is 1.96 bits per heavy atom. The van der Waals surface area contributed by atoms with Crippen molar-refractivity contribution in [2.45, 2.75) is 72.3 Å². The average molecular weight is 453 g/mol. The number of hydrogen-bond donors (Lipinski definition) is 0. The van der Waals surface area contributed by atoms with Crippen LogP contribution in [0.1, 0.15) is 52.9 Å². The van der Waals surface area contributed by atoms with Crippen molar-refractivity contribution in [3.63, 3.8) is 0 Å². The van der Waals surface area contributed by atoms with Crippen LogP contribution in [0.5, 0.6) is 5.75 Å². The van der Waals surface area contributed by atoms with Crippen LogP contribution in [0.2, 0.25) is 25.7 Å². The molecule has 0 bridgehead atoms. The minimum atomic E-state index is -1.21. The van der Waals surface area contributed by atoms with Crippen LogP contribution in [0.3, 0.4) is 0 Å². The number of alkyl halides is 1. The molecule has 0 atom stereocenters. The third-order valence-electron chi connectivity index (χ3n) is 5.30. The lowest BCUT2D eigenvalue weighted by Crippen LogP contribution is -2.23. The second kappa shape index (κ2) is 9.42. The van der Waals surface area contributed by atoms with E-state index in [-0.39, 0.29) is 5.97 Å². The molecule has 27 heavy (non-hydrogen) atoms. The molecule has 1 aliphatic rings. The molecular formula is C22H33BrO3Si. The van der Waals surface area contributed by atoms with E-state index in [1.165, 1.54) is 16.7 Å². The lowest BCUT2D eigenvalue weighted by Gasteiger charge is -2.22. The Hall–Kier alpha value is -1.07. The van der Waals surface area contributed by atoms with Crippen LogP contribution in [0, 0.1) is 6.92 Å². The number of benzene rings is 1. The fourth-order valence-corrected chi connectivity index (χ4v) is 4.82. The number of ether oxygens (including phenoxy) is 2. The van der Waals surface area contributed by atoms with E-state index < -0.39 is 8.07 Å². The minimum Gasteiger partial charge on any atom is -0.493 e. The molecule has 5 heteroatoms. The van der Waals surface area contributed by atoms with Crippen LogP contribution in [-0.4, -0.2) is 26.0 Å². The van der Waals surface area contributed by atoms with Gasteiger partial charge in [-0.15, -0.1) is 0 Å². The summed E-state index contributed by atoms with van der Waals surface area (Å²) in [6, 6.07) is 1.07. The van der Waals surface area contributed by atoms with Crippen molar-refractivity contribution in [1.29, 1.82) is 0 Å². The van der Waals surface area contributed by atoms with Crippen molar-refractivity contribution < 1.29 is 14.3 Å². The van der Waals surface area contributed by atoms with Gasteiger partial charge in [0, 0.05) is 24.5 Å². The van der Waals surface area contributed by atoms with Crippen molar-refractivity contribution in [3.8, 4) is 5.75 Å². The maximum atomic E-state index is 12.5. The zero-order valence-electron chi connectivity index (χ0n) is 17.6. The average Bonchev–Trinajstić information content (AvgIpc) is 2.99. The Morgan fingerprint density at radius 1 is 1.26 bits per heavy atom. The van der Waals surface area contributed by atoms with E-state index in [2.05, 4.69) is 62.4 Å². The van der Waals surface area contributed by atoms with E-state index in [1.54, 1.807) is 0 Å². The number of esters is 1. The van der Waals surface area contributed by atoms with Gasteiger partial charge in [0.25, 0.3) is 0 Å². The van der Waals surface area contributed by atoms with Gasteiger partial charge in [0.05, 0.1) is 6.61 Å². The smallest absolute Gasteiger partial charge is 0.342 e. The van der Waals surface area contributed by atoms with Gasteiger partial charge in [-0.3, -0.25) is 0 Å². The van der Waals surface area contributed by atoms with Gasteiger partial charge in [0.1, 0.15) is 17.9 Å². The summed E-state index contributed by atoms with van der Waals surface area (Å²) in [6.45, 7) is 14.5. The largest absolute Gasteiger partial charge is 0.493 e. The molecule has 0 saturated carbocycles. The molecule has 1 aliphatic heterocycles. The van der Waals surface area contributed by atoms with E-state index in [4.69, 9.17) is 9.47 Å². The number of halogens is 1. The molecule has 0 aliphatic carbocycles. The predicted octanol–water partition coefficient (Wildman–Crippen LogP) is 6.22. The molecule has 0 unspecified atom stereocenters. The topological polar surface area (TPSA) is 35.5 Å². The summed E-state index contributed by atoms with van der Waals surface area (Å²) in [7, 11) is -1.21. The molecule has 1 aromatic carbocycles. The van der Waals surface area contributed by atoms with E-state index in [1.807, 2.05) is 0 Å². The second-order valence-electron chi connectivity index (χ2n) is 8.41. The van der Waals surface area contributed by atoms with Crippen molar-refractivity contribution in [2.24, 2.45) is 0 Å². The Balaban J connectivity index is 2.53. The lowest BCUT2D eigenvalue weighted by molar-refractivity contribution is 0.0532. The van der Waals surface area contributed by atoms with Gasteiger partial charge in [-0.1, -0.05) is 61.1 Å². The zero-order valence-corrected chi connectivity index (χ0v) is 20.2. The van der Waals surface area contributed by atoms with Crippen LogP contribution in [0.4, 0.5) is 0 Å². The maximum absolute atomic E-state index is 12.5. The van der Waals surface area contributed by atoms with Crippen molar-refractivity contribution in [1.82, 2.24) is 0 Å². The highest BCUT2D eigenvalue weighted by molar-refractivity contribution is 9.09. The van der Waals surface area contributed by atoms with Crippen molar-refractivity contribution in [3.05, 3.63) is 39.5 Å². The molecule has 0 saturated heterocycles. The van der Waals surface area contributed by atoms with Gasteiger partial charge >= 0.3 is 5.97 Å². The molecule has 0 N–H and O–H groups in total. The van der Waals surface area contributed by atoms with Crippen molar-refractivity contribution in [2.75, 3.05) is 11.9 Å². The Kier molecular flexibility index (Phi) is 7.75. The first kappa shape index (κ1) is 22.2. The first-order valence-electron chi connectivity index (χ1n) is 9.94. The van der Waals surface area contributed by atoms with Gasteiger partial charge < -0.3 is 9.47 Å². The summed E-state index contributed by atoms with van der Waals surface area (Å²) in [4.78, 5) is 12.5. The molecule has 0 radical (unpaired) electrons. The maximum Gasteiger partial charge on any atom is 0.342 e.